The molecule has 1 aliphatic heterocycles. The van der Waals surface area contributed by atoms with Gasteiger partial charge >= 0.3 is 0 Å². The molecule has 3 rings (SSSR count). The van der Waals surface area contributed by atoms with Crippen LogP contribution in [-0.2, 0) is 0 Å². The maximum absolute atomic E-state index is 10.8. The van der Waals surface area contributed by atoms with E-state index in [1.54, 1.807) is 12.1 Å². The molecule has 0 unspecified atom stereocenters. The molecular formula is C17H17NO4. The number of benzene rings is 2. The van der Waals surface area contributed by atoms with Gasteiger partial charge in [-0.2, -0.15) is 0 Å². The topological polar surface area (TPSA) is 72.6 Å². The van der Waals surface area contributed by atoms with E-state index in [4.69, 9.17) is 9.84 Å². The first-order valence-electron chi connectivity index (χ1n) is 7.30. The zero-order chi connectivity index (χ0) is 15.5. The molecule has 22 heavy (non-hydrogen) atoms. The Bertz CT molecular complexity index is 669. The van der Waals surface area contributed by atoms with Gasteiger partial charge in [0, 0.05) is 36.6 Å². The first-order chi connectivity index (χ1) is 10.7. The van der Waals surface area contributed by atoms with Crippen molar-refractivity contribution in [1.29, 1.82) is 0 Å². The minimum atomic E-state index is -0.393. The molecule has 0 aromatic heterocycles. The number of hydrogen-bond donors (Lipinski definition) is 1. The number of rotatable bonds is 4. The van der Waals surface area contributed by atoms with E-state index in [1.807, 2.05) is 24.3 Å². The molecule has 2 aromatic rings. The standard InChI is InChI=1S/C17H17NO4/c19-10-9-14-11-16(15-3-1-2-4-17(15)22-14)12-5-7-13(8-6-12)18(20)21/h1-8,14,16,19H,9-11H2/t14-,16-/m0/s1. The van der Waals surface area contributed by atoms with Crippen LogP contribution in [0, 0.1) is 10.1 Å². The summed E-state index contributed by atoms with van der Waals surface area (Å²) in [4.78, 5) is 10.4. The summed E-state index contributed by atoms with van der Waals surface area (Å²) in [6, 6.07) is 14.5. The van der Waals surface area contributed by atoms with Gasteiger partial charge in [-0.1, -0.05) is 30.3 Å². The van der Waals surface area contributed by atoms with Crippen LogP contribution >= 0.6 is 0 Å². The largest absolute Gasteiger partial charge is 0.490 e. The van der Waals surface area contributed by atoms with Gasteiger partial charge in [-0.15, -0.1) is 0 Å². The lowest BCUT2D eigenvalue weighted by atomic mass is 9.83. The van der Waals surface area contributed by atoms with E-state index in [9.17, 15) is 10.1 Å². The maximum atomic E-state index is 10.8. The van der Waals surface area contributed by atoms with Crippen LogP contribution in [0.5, 0.6) is 5.75 Å². The normalized spacial score (nSPS) is 20.0. The molecule has 5 nitrogen and oxygen atoms in total. The van der Waals surface area contributed by atoms with Crippen molar-refractivity contribution in [3.63, 3.8) is 0 Å². The second kappa shape index (κ2) is 6.15. The molecule has 1 aliphatic rings. The Kier molecular flexibility index (Phi) is 4.06. The Hall–Kier alpha value is -2.40. The van der Waals surface area contributed by atoms with Crippen molar-refractivity contribution in [2.24, 2.45) is 0 Å². The van der Waals surface area contributed by atoms with Crippen LogP contribution in [0.1, 0.15) is 29.9 Å². The zero-order valence-corrected chi connectivity index (χ0v) is 12.0. The van der Waals surface area contributed by atoms with Gasteiger partial charge in [0.15, 0.2) is 0 Å². The number of aliphatic hydroxyl groups excluding tert-OH is 1. The molecule has 0 aliphatic carbocycles. The van der Waals surface area contributed by atoms with E-state index in [0.717, 1.165) is 23.3 Å². The summed E-state index contributed by atoms with van der Waals surface area (Å²) in [7, 11) is 0. The SMILES string of the molecule is O=[N+]([O-])c1ccc([C@@H]2C[C@H](CCO)Oc3ccccc32)cc1. The third-order valence-electron chi connectivity index (χ3n) is 4.04. The molecular weight excluding hydrogens is 282 g/mol. The third-order valence-corrected chi connectivity index (χ3v) is 4.04. The average molecular weight is 299 g/mol. The molecule has 1 heterocycles. The van der Waals surface area contributed by atoms with Crippen LogP contribution in [0.2, 0.25) is 0 Å². The molecule has 1 N–H and O–H groups in total. The summed E-state index contributed by atoms with van der Waals surface area (Å²) < 4.78 is 5.92. The summed E-state index contributed by atoms with van der Waals surface area (Å²) in [5.41, 5.74) is 2.21. The molecule has 0 amide bonds. The van der Waals surface area contributed by atoms with Crippen LogP contribution in [0.3, 0.4) is 0 Å². The van der Waals surface area contributed by atoms with Crippen LogP contribution < -0.4 is 4.74 Å². The Morgan fingerprint density at radius 3 is 2.59 bits per heavy atom. The molecule has 0 radical (unpaired) electrons. The third kappa shape index (κ3) is 2.80. The Morgan fingerprint density at radius 2 is 1.91 bits per heavy atom. The fraction of sp³-hybridized carbons (Fsp3) is 0.294. The average Bonchev–Trinajstić information content (AvgIpc) is 2.54. The monoisotopic (exact) mass is 299 g/mol. The van der Waals surface area contributed by atoms with E-state index < -0.39 is 4.92 Å². The van der Waals surface area contributed by atoms with Crippen LogP contribution in [0.4, 0.5) is 5.69 Å². The van der Waals surface area contributed by atoms with E-state index in [0.29, 0.717) is 6.42 Å². The van der Waals surface area contributed by atoms with E-state index >= 15 is 0 Å². The van der Waals surface area contributed by atoms with Gasteiger partial charge in [0.05, 0.1) is 4.92 Å². The molecule has 0 spiro atoms. The predicted molar refractivity (Wildman–Crippen MR) is 82.1 cm³/mol. The van der Waals surface area contributed by atoms with Gasteiger partial charge in [-0.25, -0.2) is 0 Å². The van der Waals surface area contributed by atoms with Crippen molar-refractivity contribution >= 4 is 5.69 Å². The van der Waals surface area contributed by atoms with Crippen molar-refractivity contribution in [1.82, 2.24) is 0 Å². The summed E-state index contributed by atoms with van der Waals surface area (Å²) >= 11 is 0. The van der Waals surface area contributed by atoms with Crippen molar-refractivity contribution in [3.05, 3.63) is 69.8 Å². The Balaban J connectivity index is 1.95. The molecule has 0 saturated heterocycles. The maximum Gasteiger partial charge on any atom is 0.269 e. The quantitative estimate of drug-likeness (QED) is 0.694. The predicted octanol–water partition coefficient (Wildman–Crippen LogP) is 3.26. The molecule has 114 valence electrons. The number of non-ortho nitro benzene ring substituents is 1. The zero-order valence-electron chi connectivity index (χ0n) is 12.0. The number of ether oxygens (including phenoxy) is 1. The number of hydrogen-bond acceptors (Lipinski definition) is 4. The highest BCUT2D eigenvalue weighted by atomic mass is 16.6. The lowest BCUT2D eigenvalue weighted by Gasteiger charge is -2.32. The first-order valence-corrected chi connectivity index (χ1v) is 7.30. The van der Waals surface area contributed by atoms with E-state index in [-0.39, 0.29) is 24.3 Å². The summed E-state index contributed by atoms with van der Waals surface area (Å²) in [5.74, 6) is 0.956. The first kappa shape index (κ1) is 14.5. The van der Waals surface area contributed by atoms with Crippen molar-refractivity contribution in [2.75, 3.05) is 6.61 Å². The molecule has 0 bridgehead atoms. The van der Waals surface area contributed by atoms with Crippen LogP contribution in [-0.4, -0.2) is 22.7 Å². The van der Waals surface area contributed by atoms with Gasteiger partial charge in [0.25, 0.3) is 5.69 Å². The van der Waals surface area contributed by atoms with Crippen LogP contribution in [0.15, 0.2) is 48.5 Å². The minimum Gasteiger partial charge on any atom is -0.490 e. The molecule has 5 heteroatoms. The van der Waals surface area contributed by atoms with Gasteiger partial charge in [0.1, 0.15) is 11.9 Å². The van der Waals surface area contributed by atoms with Gasteiger partial charge in [0.2, 0.25) is 0 Å². The van der Waals surface area contributed by atoms with Crippen molar-refractivity contribution < 1.29 is 14.8 Å². The second-order valence-corrected chi connectivity index (χ2v) is 5.43. The van der Waals surface area contributed by atoms with Crippen molar-refractivity contribution in [3.8, 4) is 5.75 Å². The summed E-state index contributed by atoms with van der Waals surface area (Å²) in [5, 5.41) is 19.9. The van der Waals surface area contributed by atoms with Gasteiger partial charge < -0.3 is 9.84 Å². The summed E-state index contributed by atoms with van der Waals surface area (Å²) in [6.45, 7) is 0.0831. The molecule has 2 atom stereocenters. The molecule has 2 aromatic carbocycles. The van der Waals surface area contributed by atoms with Crippen LogP contribution in [0.25, 0.3) is 0 Å². The number of nitro groups is 1. The summed E-state index contributed by atoms with van der Waals surface area (Å²) in [6.07, 6.45) is 1.30. The number of para-hydroxylation sites is 1. The fourth-order valence-corrected chi connectivity index (χ4v) is 2.96. The molecule has 0 fully saturated rings. The lowest BCUT2D eigenvalue weighted by molar-refractivity contribution is -0.384. The number of nitro benzene ring substituents is 1. The highest BCUT2D eigenvalue weighted by Crippen LogP contribution is 2.41. The number of nitrogens with zero attached hydrogens (tertiary/aromatic N) is 1. The Labute approximate surface area is 128 Å². The lowest BCUT2D eigenvalue weighted by Crippen LogP contribution is -2.27. The smallest absolute Gasteiger partial charge is 0.269 e. The fourth-order valence-electron chi connectivity index (χ4n) is 2.96. The number of aliphatic hydroxyl groups is 1. The molecule has 0 saturated carbocycles. The number of fused-ring (bicyclic) bond motifs is 1. The minimum absolute atomic E-state index is 0.0416. The van der Waals surface area contributed by atoms with E-state index in [2.05, 4.69) is 0 Å². The van der Waals surface area contributed by atoms with E-state index in [1.165, 1.54) is 12.1 Å². The van der Waals surface area contributed by atoms with Crippen molar-refractivity contribution in [2.45, 2.75) is 24.9 Å². The Morgan fingerprint density at radius 1 is 1.18 bits per heavy atom. The highest BCUT2D eigenvalue weighted by Gasteiger charge is 2.29. The van der Waals surface area contributed by atoms with Gasteiger partial charge in [-0.3, -0.25) is 10.1 Å². The highest BCUT2D eigenvalue weighted by molar-refractivity contribution is 5.45. The van der Waals surface area contributed by atoms with Gasteiger partial charge in [-0.05, 0) is 18.1 Å². The second-order valence-electron chi connectivity index (χ2n) is 5.43.